The largest absolute Gasteiger partial charge is 0.756 e. The van der Waals surface area contributed by atoms with Crippen LogP contribution in [0.2, 0.25) is 0 Å². The molecule has 26 heteroatoms. The maximum atomic E-state index is 11.7. The van der Waals surface area contributed by atoms with Crippen molar-refractivity contribution in [2.45, 2.75) is 0 Å². The highest BCUT2D eigenvalue weighted by molar-refractivity contribution is 7.46. The third kappa shape index (κ3) is 18.5. The zero-order valence-electron chi connectivity index (χ0n) is 19.5. The molecule has 4 unspecified atom stereocenters. The second-order valence-electron chi connectivity index (χ2n) is 6.31. The van der Waals surface area contributed by atoms with Gasteiger partial charge in [-0.3, -0.25) is 45.4 Å². The van der Waals surface area contributed by atoms with Gasteiger partial charge in [-0.25, -0.2) is 0 Å². The summed E-state index contributed by atoms with van der Waals surface area (Å²) in [6, 6.07) is 0. The van der Waals surface area contributed by atoms with Crippen LogP contribution < -0.4 is 19.6 Å². The Morgan fingerprint density at radius 1 is 0.526 bits per heavy atom. The maximum absolute atomic E-state index is 11.7. The highest BCUT2D eigenvalue weighted by Gasteiger charge is 2.35. The lowest BCUT2D eigenvalue weighted by molar-refractivity contribution is -0.244. The topological polar surface area (TPSA) is 323 Å². The van der Waals surface area contributed by atoms with Crippen molar-refractivity contribution in [1.29, 1.82) is 0 Å². The Labute approximate surface area is 215 Å². The fourth-order valence-corrected chi connectivity index (χ4v) is 3.72. The van der Waals surface area contributed by atoms with E-state index in [1.807, 2.05) is 0 Å². The molecule has 0 aromatic heterocycles. The Balaban J connectivity index is 5.54. The van der Waals surface area contributed by atoms with Gasteiger partial charge >= 0.3 is 0 Å². The molecule has 22 nitrogen and oxygen atoms in total. The number of rotatable bonds is 25. The number of hydrogen-bond donors (Lipinski definition) is 3. The van der Waals surface area contributed by atoms with Gasteiger partial charge in [0.2, 0.25) is 0 Å². The smallest absolute Gasteiger partial charge is 0.272 e. The van der Waals surface area contributed by atoms with Crippen LogP contribution >= 0.6 is 31.3 Å². The standard InChI is InChI=1S/C12H30O22P4/c1-24-35(16,17)28-5-12(2-25-9-32-36(18,19)29-6-13,3-26-10-33-37(20,21)30-7-14)4-27-11-34-38(22,23)31-8-15/h13-15H,2-11H2,1H3,(H,16,17)(H,18,19)(H,20,21)(H,22,23)/p-4. The molecule has 0 spiro atoms. The summed E-state index contributed by atoms with van der Waals surface area (Å²) in [4.78, 5) is 45.7. The van der Waals surface area contributed by atoms with Crippen LogP contribution in [0, 0.1) is 5.41 Å². The van der Waals surface area contributed by atoms with Crippen LogP contribution in [-0.2, 0) is 68.7 Å². The Bertz CT molecular complexity index is 754. The van der Waals surface area contributed by atoms with Crippen LogP contribution in [-0.4, -0.2) is 89.6 Å². The molecule has 0 radical (unpaired) electrons. The molecular weight excluding hydrogens is 620 g/mol. The van der Waals surface area contributed by atoms with Crippen molar-refractivity contribution in [3.8, 4) is 0 Å². The number of hydrogen-bond acceptors (Lipinski definition) is 22. The lowest BCUT2D eigenvalue weighted by Crippen LogP contribution is -2.42. The molecule has 4 atom stereocenters. The third-order valence-corrected chi connectivity index (χ3v) is 6.96. The quantitative estimate of drug-likeness (QED) is 0.0489. The lowest BCUT2D eigenvalue weighted by atomic mass is 9.92. The van der Waals surface area contributed by atoms with Crippen molar-refractivity contribution in [2.75, 3.05) is 74.3 Å². The van der Waals surface area contributed by atoms with Crippen molar-refractivity contribution < 1.29 is 104 Å². The van der Waals surface area contributed by atoms with E-state index in [9.17, 15) is 37.8 Å². The maximum Gasteiger partial charge on any atom is 0.272 e. The van der Waals surface area contributed by atoms with E-state index in [2.05, 4.69) is 36.2 Å². The Hall–Kier alpha value is 0.200. The minimum absolute atomic E-state index is 0.751. The number of phosphoric acid groups is 4. The zero-order valence-corrected chi connectivity index (χ0v) is 23.0. The molecule has 38 heavy (non-hydrogen) atoms. The fourth-order valence-electron chi connectivity index (χ4n) is 1.92. The predicted octanol–water partition coefficient (Wildman–Crippen LogP) is -3.62. The normalized spacial score (nSPS) is 20.1. The van der Waals surface area contributed by atoms with Gasteiger partial charge in [0.1, 0.15) is 0 Å². The van der Waals surface area contributed by atoms with E-state index < -0.39 is 104 Å². The number of aliphatic hydroxyl groups is 3. The van der Waals surface area contributed by atoms with Gasteiger partial charge in [-0.05, 0) is 0 Å². The highest BCUT2D eigenvalue weighted by Crippen LogP contribution is 2.41. The molecule has 0 amide bonds. The molecule has 0 saturated heterocycles. The van der Waals surface area contributed by atoms with Crippen LogP contribution in [0.1, 0.15) is 0 Å². The molecule has 0 heterocycles. The molecule has 3 N–H and O–H groups in total. The van der Waals surface area contributed by atoms with Gasteiger partial charge in [-0.2, -0.15) is 0 Å². The molecule has 0 aromatic rings. The summed E-state index contributed by atoms with van der Waals surface area (Å²) in [5, 5.41) is 25.5. The Kier molecular flexibility index (Phi) is 18.7. The van der Waals surface area contributed by atoms with E-state index in [0.717, 1.165) is 7.11 Å². The molecular formula is C12H26O22P4-4. The van der Waals surface area contributed by atoms with E-state index in [-0.39, 0.29) is 0 Å². The second kappa shape index (κ2) is 18.6. The summed E-state index contributed by atoms with van der Waals surface area (Å²) in [7, 11) is -19.2. The summed E-state index contributed by atoms with van der Waals surface area (Å²) < 4.78 is 94.0. The minimum Gasteiger partial charge on any atom is -0.756 e. The Morgan fingerprint density at radius 3 is 1.11 bits per heavy atom. The SMILES string of the molecule is COP(=O)([O-])OCC(COCOP(=O)([O-])OCO)(COCOP(=O)([O-])OCO)COCOP(=O)([O-])OCO. The van der Waals surface area contributed by atoms with Crippen molar-refractivity contribution >= 4 is 31.3 Å². The third-order valence-electron chi connectivity index (χ3n) is 3.51. The van der Waals surface area contributed by atoms with Crippen molar-refractivity contribution in [3.05, 3.63) is 0 Å². The number of aliphatic hydroxyl groups excluding tert-OH is 3. The monoisotopic (exact) mass is 646 g/mol. The lowest BCUT2D eigenvalue weighted by Gasteiger charge is -2.35. The molecule has 0 bridgehead atoms. The molecule has 0 aromatic carbocycles. The van der Waals surface area contributed by atoms with Crippen molar-refractivity contribution in [2.24, 2.45) is 5.41 Å². The predicted molar refractivity (Wildman–Crippen MR) is 106 cm³/mol. The number of phosphoric ester groups is 4. The molecule has 0 aliphatic heterocycles. The molecule has 0 aliphatic carbocycles. The van der Waals surface area contributed by atoms with Crippen molar-refractivity contribution in [3.63, 3.8) is 0 Å². The molecule has 0 rings (SSSR count). The molecule has 0 aliphatic rings. The molecule has 0 fully saturated rings. The van der Waals surface area contributed by atoms with E-state index in [4.69, 9.17) is 29.5 Å². The first kappa shape index (κ1) is 38.2. The van der Waals surface area contributed by atoms with Crippen molar-refractivity contribution in [1.82, 2.24) is 0 Å². The number of ether oxygens (including phenoxy) is 3. The zero-order chi connectivity index (χ0) is 29.3. The highest BCUT2D eigenvalue weighted by atomic mass is 31.2. The van der Waals surface area contributed by atoms with Gasteiger partial charge in [0.15, 0.2) is 40.8 Å². The first-order chi connectivity index (χ1) is 17.6. The first-order valence-electron chi connectivity index (χ1n) is 9.45. The van der Waals surface area contributed by atoms with E-state index >= 15 is 0 Å². The van der Waals surface area contributed by atoms with Crippen LogP contribution in [0.3, 0.4) is 0 Å². The van der Waals surface area contributed by atoms with Crippen LogP contribution in [0.5, 0.6) is 0 Å². The summed E-state index contributed by atoms with van der Waals surface area (Å²) in [6.07, 6.45) is 0. The summed E-state index contributed by atoms with van der Waals surface area (Å²) in [6.45, 7) is -10.2. The summed E-state index contributed by atoms with van der Waals surface area (Å²) >= 11 is 0. The van der Waals surface area contributed by atoms with Gasteiger partial charge in [-0.1, -0.05) is 0 Å². The van der Waals surface area contributed by atoms with Gasteiger partial charge in [0.25, 0.3) is 31.3 Å². The first-order valence-corrected chi connectivity index (χ1v) is 15.3. The van der Waals surface area contributed by atoms with E-state index in [1.165, 1.54) is 0 Å². The van der Waals surface area contributed by atoms with Crippen LogP contribution in [0.4, 0.5) is 0 Å². The van der Waals surface area contributed by atoms with Gasteiger partial charge in [0.05, 0.1) is 31.8 Å². The van der Waals surface area contributed by atoms with Gasteiger partial charge < -0.3 is 58.2 Å². The second-order valence-corrected chi connectivity index (χ2v) is 12.1. The van der Waals surface area contributed by atoms with Gasteiger partial charge in [0, 0.05) is 7.11 Å². The van der Waals surface area contributed by atoms with E-state index in [1.54, 1.807) is 0 Å². The molecule has 230 valence electrons. The molecule has 0 saturated carbocycles. The average Bonchev–Trinajstić information content (AvgIpc) is 2.81. The summed E-state index contributed by atoms with van der Waals surface area (Å²) in [5.41, 5.74) is -1.85. The Morgan fingerprint density at radius 2 is 0.842 bits per heavy atom. The van der Waals surface area contributed by atoms with E-state index in [0.29, 0.717) is 0 Å². The average molecular weight is 646 g/mol. The van der Waals surface area contributed by atoms with Crippen LogP contribution in [0.15, 0.2) is 0 Å². The fraction of sp³-hybridized carbons (Fsp3) is 1.00. The van der Waals surface area contributed by atoms with Crippen LogP contribution in [0.25, 0.3) is 0 Å². The summed E-state index contributed by atoms with van der Waals surface area (Å²) in [5.74, 6) is 0. The van der Waals surface area contributed by atoms with Gasteiger partial charge in [-0.15, -0.1) is 0 Å². The minimum atomic E-state index is -5.00.